The first-order valence-corrected chi connectivity index (χ1v) is 7.97. The number of ether oxygens (including phenoxy) is 1. The van der Waals surface area contributed by atoms with Gasteiger partial charge in [0.15, 0.2) is 5.96 Å². The van der Waals surface area contributed by atoms with Gasteiger partial charge in [0.2, 0.25) is 0 Å². The summed E-state index contributed by atoms with van der Waals surface area (Å²) in [6.45, 7) is 5.24. The van der Waals surface area contributed by atoms with E-state index in [9.17, 15) is 0 Å². The normalized spacial score (nSPS) is 15.0. The summed E-state index contributed by atoms with van der Waals surface area (Å²) in [7, 11) is 0. The van der Waals surface area contributed by atoms with Gasteiger partial charge in [-0.2, -0.15) is 0 Å². The van der Waals surface area contributed by atoms with E-state index in [1.807, 2.05) is 24.3 Å². The lowest BCUT2D eigenvalue weighted by atomic mass is 10.3. The average Bonchev–Trinajstić information content (AvgIpc) is 3.25. The third kappa shape index (κ3) is 5.82. The molecule has 1 aromatic rings. The lowest BCUT2D eigenvalue weighted by Gasteiger charge is -2.12. The Hall–Kier alpha value is -1.23. The molecule has 2 N–H and O–H groups in total. The number of guanidine groups is 1. The predicted octanol–water partition coefficient (Wildman–Crippen LogP) is 2.79. The molecule has 5 heteroatoms. The molecular weight excluding hydrogens is 318 g/mol. The first kappa shape index (κ1) is 15.2. The summed E-state index contributed by atoms with van der Waals surface area (Å²) in [6.07, 6.45) is 2.66. The van der Waals surface area contributed by atoms with Gasteiger partial charge in [0.25, 0.3) is 0 Å². The summed E-state index contributed by atoms with van der Waals surface area (Å²) >= 11 is 3.43. The van der Waals surface area contributed by atoms with E-state index < -0.39 is 0 Å². The number of nitrogens with zero attached hydrogens (tertiary/aromatic N) is 1. The quantitative estimate of drug-likeness (QED) is 0.456. The smallest absolute Gasteiger partial charge is 0.191 e. The minimum Gasteiger partial charge on any atom is -0.492 e. The molecule has 0 atom stereocenters. The van der Waals surface area contributed by atoms with E-state index in [2.05, 4.69) is 38.5 Å². The first-order valence-electron chi connectivity index (χ1n) is 7.18. The summed E-state index contributed by atoms with van der Waals surface area (Å²) in [5.74, 6) is 2.57. The van der Waals surface area contributed by atoms with E-state index in [1.165, 1.54) is 12.8 Å². The summed E-state index contributed by atoms with van der Waals surface area (Å²) in [5, 5.41) is 6.54. The Balaban J connectivity index is 1.68. The molecule has 1 saturated carbocycles. The molecule has 1 aliphatic rings. The van der Waals surface area contributed by atoms with Gasteiger partial charge < -0.3 is 15.4 Å². The van der Waals surface area contributed by atoms with Gasteiger partial charge in [0.1, 0.15) is 12.4 Å². The maximum atomic E-state index is 5.68. The molecule has 20 heavy (non-hydrogen) atoms. The fraction of sp³-hybridized carbons (Fsp3) is 0.533. The number of hydrogen-bond acceptors (Lipinski definition) is 2. The Morgan fingerprint density at radius 2 is 2.25 bits per heavy atom. The van der Waals surface area contributed by atoms with Gasteiger partial charge in [-0.1, -0.05) is 22.0 Å². The molecule has 4 nitrogen and oxygen atoms in total. The van der Waals surface area contributed by atoms with Gasteiger partial charge in [0.05, 0.1) is 6.54 Å². The van der Waals surface area contributed by atoms with Crippen LogP contribution in [-0.2, 0) is 0 Å². The van der Waals surface area contributed by atoms with Crippen LogP contribution in [0.5, 0.6) is 5.75 Å². The van der Waals surface area contributed by atoms with E-state index in [0.29, 0.717) is 6.61 Å². The largest absolute Gasteiger partial charge is 0.492 e. The molecule has 0 aromatic heterocycles. The van der Waals surface area contributed by atoms with Crippen molar-refractivity contribution in [3.63, 3.8) is 0 Å². The minimum atomic E-state index is 0.615. The maximum Gasteiger partial charge on any atom is 0.191 e. The Morgan fingerprint density at radius 3 is 2.95 bits per heavy atom. The van der Waals surface area contributed by atoms with Crippen molar-refractivity contribution in [1.82, 2.24) is 10.6 Å². The van der Waals surface area contributed by atoms with Crippen molar-refractivity contribution in [2.75, 3.05) is 26.2 Å². The average molecular weight is 340 g/mol. The van der Waals surface area contributed by atoms with Crippen molar-refractivity contribution >= 4 is 21.9 Å². The second kappa shape index (κ2) is 8.15. The zero-order valence-electron chi connectivity index (χ0n) is 11.9. The Kier molecular flexibility index (Phi) is 6.18. The van der Waals surface area contributed by atoms with Crippen molar-refractivity contribution in [3.05, 3.63) is 28.7 Å². The number of hydrogen-bond donors (Lipinski definition) is 2. The van der Waals surface area contributed by atoms with Crippen molar-refractivity contribution in [1.29, 1.82) is 0 Å². The summed E-state index contributed by atoms with van der Waals surface area (Å²) in [5.41, 5.74) is 0. The van der Waals surface area contributed by atoms with Crippen LogP contribution in [0.15, 0.2) is 33.7 Å². The molecule has 2 rings (SSSR count). The van der Waals surface area contributed by atoms with E-state index in [-0.39, 0.29) is 0 Å². The summed E-state index contributed by atoms with van der Waals surface area (Å²) in [6, 6.07) is 7.87. The number of benzene rings is 1. The highest BCUT2D eigenvalue weighted by Crippen LogP contribution is 2.28. The van der Waals surface area contributed by atoms with E-state index >= 15 is 0 Å². The van der Waals surface area contributed by atoms with Crippen molar-refractivity contribution in [3.8, 4) is 5.75 Å². The van der Waals surface area contributed by atoms with Crippen molar-refractivity contribution in [2.45, 2.75) is 19.8 Å². The molecule has 0 bridgehead atoms. The monoisotopic (exact) mass is 339 g/mol. The molecule has 0 saturated heterocycles. The zero-order valence-corrected chi connectivity index (χ0v) is 13.4. The van der Waals surface area contributed by atoms with Crippen LogP contribution in [0.25, 0.3) is 0 Å². The van der Waals surface area contributed by atoms with Crippen LogP contribution < -0.4 is 15.4 Å². The molecule has 1 fully saturated rings. The Labute approximate surface area is 129 Å². The van der Waals surface area contributed by atoms with Crippen LogP contribution in [0.2, 0.25) is 0 Å². The molecule has 1 aromatic carbocycles. The second-order valence-electron chi connectivity index (χ2n) is 4.90. The molecule has 0 aliphatic heterocycles. The van der Waals surface area contributed by atoms with Crippen molar-refractivity contribution in [2.24, 2.45) is 10.9 Å². The summed E-state index contributed by atoms with van der Waals surface area (Å²) < 4.78 is 6.71. The van der Waals surface area contributed by atoms with Gasteiger partial charge in [0, 0.05) is 17.6 Å². The van der Waals surface area contributed by atoms with Crippen LogP contribution in [0.1, 0.15) is 19.8 Å². The van der Waals surface area contributed by atoms with E-state index in [4.69, 9.17) is 4.74 Å². The Morgan fingerprint density at radius 1 is 1.40 bits per heavy atom. The van der Waals surface area contributed by atoms with Gasteiger partial charge in [-0.3, -0.25) is 4.99 Å². The van der Waals surface area contributed by atoms with E-state index in [0.717, 1.165) is 41.7 Å². The number of nitrogens with one attached hydrogen (secondary N) is 2. The maximum absolute atomic E-state index is 5.68. The highest BCUT2D eigenvalue weighted by atomic mass is 79.9. The lowest BCUT2D eigenvalue weighted by Crippen LogP contribution is -2.39. The molecule has 0 unspecified atom stereocenters. The fourth-order valence-corrected chi connectivity index (χ4v) is 2.14. The van der Waals surface area contributed by atoms with Crippen LogP contribution in [0.3, 0.4) is 0 Å². The highest BCUT2D eigenvalue weighted by molar-refractivity contribution is 9.10. The third-order valence-electron chi connectivity index (χ3n) is 3.01. The standard InChI is InChI=1S/C15H22BrN3O/c1-2-17-15(19-11-12-6-7-12)18-8-9-20-14-5-3-4-13(16)10-14/h3-5,10,12H,2,6-9,11H2,1H3,(H2,17,18,19). The fourth-order valence-electron chi connectivity index (χ4n) is 1.76. The van der Waals surface area contributed by atoms with Crippen LogP contribution in [0, 0.1) is 5.92 Å². The molecule has 0 spiro atoms. The molecule has 0 radical (unpaired) electrons. The molecule has 0 heterocycles. The van der Waals surface area contributed by atoms with Gasteiger partial charge in [-0.05, 0) is 43.9 Å². The lowest BCUT2D eigenvalue weighted by molar-refractivity contribution is 0.321. The number of halogens is 1. The zero-order chi connectivity index (χ0) is 14.2. The molecule has 1 aliphatic carbocycles. The highest BCUT2D eigenvalue weighted by Gasteiger charge is 2.20. The number of aliphatic imine (C=N–C) groups is 1. The topological polar surface area (TPSA) is 45.7 Å². The first-order chi connectivity index (χ1) is 9.78. The van der Waals surface area contributed by atoms with Crippen molar-refractivity contribution < 1.29 is 4.74 Å². The number of rotatable bonds is 7. The summed E-state index contributed by atoms with van der Waals surface area (Å²) in [4.78, 5) is 4.57. The minimum absolute atomic E-state index is 0.615. The van der Waals surface area contributed by atoms with Gasteiger partial charge in [-0.25, -0.2) is 0 Å². The van der Waals surface area contributed by atoms with Crippen LogP contribution >= 0.6 is 15.9 Å². The van der Waals surface area contributed by atoms with Crippen LogP contribution in [-0.4, -0.2) is 32.2 Å². The molecule has 0 amide bonds. The predicted molar refractivity (Wildman–Crippen MR) is 86.3 cm³/mol. The molecular formula is C15H22BrN3O. The van der Waals surface area contributed by atoms with E-state index in [1.54, 1.807) is 0 Å². The van der Waals surface area contributed by atoms with Gasteiger partial charge >= 0.3 is 0 Å². The van der Waals surface area contributed by atoms with Gasteiger partial charge in [-0.15, -0.1) is 0 Å². The Bertz CT molecular complexity index is 446. The molecule has 110 valence electrons. The third-order valence-corrected chi connectivity index (χ3v) is 3.50. The SMILES string of the molecule is CCNC(=NCC1CC1)NCCOc1cccc(Br)c1. The second-order valence-corrected chi connectivity index (χ2v) is 5.81. The van der Waals surface area contributed by atoms with Crippen LogP contribution in [0.4, 0.5) is 0 Å².